The lowest BCUT2D eigenvalue weighted by Crippen LogP contribution is -2.30. The van der Waals surface area contributed by atoms with Gasteiger partial charge in [-0.2, -0.15) is 10.2 Å². The van der Waals surface area contributed by atoms with Crippen LogP contribution in [-0.4, -0.2) is 44.4 Å². The van der Waals surface area contributed by atoms with Crippen molar-refractivity contribution in [2.45, 2.75) is 13.8 Å². The molecule has 0 heterocycles. The Balaban J connectivity index is 0.000000892. The zero-order valence-electron chi connectivity index (χ0n) is 16.1. The van der Waals surface area contributed by atoms with Crippen LogP contribution in [-0.2, 0) is 10.8 Å². The van der Waals surface area contributed by atoms with Crippen LogP contribution in [0, 0.1) is 0 Å². The number of aromatic hydroxyl groups is 2. The first-order valence-corrected chi connectivity index (χ1v) is 10.1. The average molecular weight is 404 g/mol. The van der Waals surface area contributed by atoms with Gasteiger partial charge in [-0.15, -0.1) is 0 Å². The molecule has 0 fully saturated rings. The molecule has 9 heteroatoms. The largest absolute Gasteiger partial charge is 0.507 e. The fourth-order valence-electron chi connectivity index (χ4n) is 1.97. The van der Waals surface area contributed by atoms with Crippen molar-refractivity contribution in [3.8, 4) is 11.5 Å². The van der Waals surface area contributed by atoms with E-state index in [4.69, 9.17) is 0 Å². The second-order valence-corrected chi connectivity index (χ2v) is 7.21. The van der Waals surface area contributed by atoms with Crippen LogP contribution in [0.5, 0.6) is 11.5 Å². The first-order valence-electron chi connectivity index (χ1n) is 8.18. The average Bonchev–Trinajstić information content (AvgIpc) is 2.64. The Morgan fingerprint density at radius 2 is 1.14 bits per heavy atom. The summed E-state index contributed by atoms with van der Waals surface area (Å²) in [7, 11) is -0.611. The van der Waals surface area contributed by atoms with Crippen molar-refractivity contribution < 1.29 is 19.2 Å². The van der Waals surface area contributed by atoms with Gasteiger partial charge in [0.05, 0.1) is 11.4 Å². The fraction of sp³-hybridized carbons (Fsp3) is 0.211. The minimum Gasteiger partial charge on any atom is -0.507 e. The number of phenols is 2. The van der Waals surface area contributed by atoms with Gasteiger partial charge in [-0.3, -0.25) is 4.21 Å². The number of nitrogens with zero attached hydrogens (tertiary/aromatic N) is 2. The van der Waals surface area contributed by atoms with Crippen LogP contribution >= 0.6 is 0 Å². The summed E-state index contributed by atoms with van der Waals surface area (Å²) < 4.78 is 9.56. The first kappa shape index (κ1) is 22.8. The summed E-state index contributed by atoms with van der Waals surface area (Å²) in [5.41, 5.74) is 6.51. The van der Waals surface area contributed by atoms with E-state index in [9.17, 15) is 19.2 Å². The van der Waals surface area contributed by atoms with Crippen LogP contribution in [0.4, 0.5) is 4.79 Å². The topological polar surface area (TPSA) is 123 Å². The lowest BCUT2D eigenvalue weighted by atomic mass is 10.1. The van der Waals surface area contributed by atoms with Gasteiger partial charge in [0.25, 0.3) is 0 Å². The van der Waals surface area contributed by atoms with Gasteiger partial charge < -0.3 is 10.2 Å². The predicted octanol–water partition coefficient (Wildman–Crippen LogP) is 2.54. The normalized spacial score (nSPS) is 11.5. The standard InChI is InChI=1S/C17H18N4O3.C2H6OS/c1-11(13-7-3-5-9-15(13)22)18-20-17(24)21-19-12(2)14-8-4-6-10-16(14)23;1-4(2)3/h3-10,22-23H,1-2H3,(H2,20,21,24);1-2H3/b18-11+,19-12+;. The molecule has 0 aliphatic heterocycles. The van der Waals surface area contributed by atoms with Crippen LogP contribution < -0.4 is 10.9 Å². The van der Waals surface area contributed by atoms with E-state index in [1.807, 2.05) is 0 Å². The van der Waals surface area contributed by atoms with Gasteiger partial charge in [0.15, 0.2) is 0 Å². The molecule has 2 aromatic carbocycles. The van der Waals surface area contributed by atoms with E-state index in [1.54, 1.807) is 62.8 Å². The number of carbonyl (C=O) groups is 1. The van der Waals surface area contributed by atoms with Crippen LogP contribution in [0.15, 0.2) is 58.7 Å². The van der Waals surface area contributed by atoms with E-state index in [0.717, 1.165) is 0 Å². The molecule has 2 rings (SSSR count). The summed E-state index contributed by atoms with van der Waals surface area (Å²) in [6.07, 6.45) is 3.28. The third kappa shape index (κ3) is 8.00. The van der Waals surface area contributed by atoms with Gasteiger partial charge in [-0.1, -0.05) is 24.3 Å². The molecule has 2 aromatic rings. The summed E-state index contributed by atoms with van der Waals surface area (Å²) in [5, 5.41) is 27.2. The Hall–Kier alpha value is -3.20. The van der Waals surface area contributed by atoms with Gasteiger partial charge in [0, 0.05) is 34.4 Å². The molecule has 8 nitrogen and oxygen atoms in total. The molecule has 0 spiro atoms. The Labute approximate surface area is 166 Å². The Morgan fingerprint density at radius 1 is 0.821 bits per heavy atom. The summed E-state index contributed by atoms with van der Waals surface area (Å²) in [6, 6.07) is 12.7. The van der Waals surface area contributed by atoms with Crippen LogP contribution in [0.25, 0.3) is 0 Å². The second kappa shape index (κ2) is 11.5. The Kier molecular flexibility index (Phi) is 9.38. The minimum atomic E-state index is -0.639. The van der Waals surface area contributed by atoms with Gasteiger partial charge >= 0.3 is 6.03 Å². The smallest absolute Gasteiger partial charge is 0.355 e. The number of nitrogens with one attached hydrogen (secondary N) is 2. The molecular weight excluding hydrogens is 380 g/mol. The highest BCUT2D eigenvalue weighted by Crippen LogP contribution is 2.17. The molecular formula is C19H24N4O4S. The van der Waals surface area contributed by atoms with Crippen molar-refractivity contribution in [3.05, 3.63) is 59.7 Å². The number of amides is 2. The monoisotopic (exact) mass is 404 g/mol. The third-order valence-electron chi connectivity index (χ3n) is 3.24. The zero-order chi connectivity index (χ0) is 21.1. The number of phenolic OH excluding ortho intramolecular Hbond substituents is 2. The number of carbonyl (C=O) groups excluding carboxylic acids is 1. The quantitative estimate of drug-likeness (QED) is 0.462. The number of hydrogen-bond donors (Lipinski definition) is 4. The van der Waals surface area contributed by atoms with Gasteiger partial charge in [-0.05, 0) is 38.1 Å². The Morgan fingerprint density at radius 3 is 1.46 bits per heavy atom. The van der Waals surface area contributed by atoms with Crippen molar-refractivity contribution in [3.63, 3.8) is 0 Å². The maximum Gasteiger partial charge on any atom is 0.355 e. The molecule has 28 heavy (non-hydrogen) atoms. The lowest BCUT2D eigenvalue weighted by Gasteiger charge is -2.06. The first-order chi connectivity index (χ1) is 13.2. The molecule has 0 unspecified atom stereocenters. The zero-order valence-corrected chi connectivity index (χ0v) is 16.9. The van der Waals surface area contributed by atoms with E-state index in [-0.39, 0.29) is 11.5 Å². The minimum absolute atomic E-state index is 0.0781. The molecule has 0 saturated heterocycles. The lowest BCUT2D eigenvalue weighted by molar-refractivity contribution is 0.242. The number of urea groups is 1. The van der Waals surface area contributed by atoms with Crippen LogP contribution in [0.1, 0.15) is 25.0 Å². The van der Waals surface area contributed by atoms with E-state index in [1.165, 1.54) is 12.1 Å². The summed E-state index contributed by atoms with van der Waals surface area (Å²) in [6.45, 7) is 3.32. The highest BCUT2D eigenvalue weighted by Gasteiger charge is 2.06. The molecule has 0 aliphatic carbocycles. The van der Waals surface area contributed by atoms with E-state index in [0.29, 0.717) is 22.6 Å². The molecule has 150 valence electrons. The van der Waals surface area contributed by atoms with Gasteiger partial charge in [-0.25, -0.2) is 15.6 Å². The molecule has 0 atom stereocenters. The third-order valence-corrected chi connectivity index (χ3v) is 3.24. The maximum absolute atomic E-state index is 11.7. The van der Waals surface area contributed by atoms with Crippen LogP contribution in [0.2, 0.25) is 0 Å². The number of hydrazone groups is 2. The van der Waals surface area contributed by atoms with E-state index < -0.39 is 16.8 Å². The summed E-state index contributed by atoms with van der Waals surface area (Å²) in [5.74, 6) is 0.156. The molecule has 2 amide bonds. The van der Waals surface area contributed by atoms with Crippen molar-refractivity contribution in [2.75, 3.05) is 12.5 Å². The summed E-state index contributed by atoms with van der Waals surface area (Å²) >= 11 is 0. The highest BCUT2D eigenvalue weighted by molar-refractivity contribution is 7.83. The number of para-hydroxylation sites is 2. The highest BCUT2D eigenvalue weighted by atomic mass is 32.2. The maximum atomic E-state index is 11.7. The Bertz CT molecular complexity index is 828. The molecule has 0 saturated carbocycles. The fourth-order valence-corrected chi connectivity index (χ4v) is 1.97. The van der Waals surface area contributed by atoms with Crippen molar-refractivity contribution in [2.24, 2.45) is 10.2 Å². The van der Waals surface area contributed by atoms with Crippen LogP contribution in [0.3, 0.4) is 0 Å². The molecule has 0 aromatic heterocycles. The number of hydrogen-bond acceptors (Lipinski definition) is 6. The molecule has 0 radical (unpaired) electrons. The van der Waals surface area contributed by atoms with Gasteiger partial charge in [0.2, 0.25) is 0 Å². The van der Waals surface area contributed by atoms with Gasteiger partial charge in [0.1, 0.15) is 11.5 Å². The number of rotatable bonds is 4. The molecule has 4 N–H and O–H groups in total. The molecule has 0 bridgehead atoms. The van der Waals surface area contributed by atoms with E-state index in [2.05, 4.69) is 21.1 Å². The SMILES string of the molecule is C/C(=N\NC(=O)N/N=C(\C)c1ccccc1O)c1ccccc1O.CS(C)=O. The second-order valence-electron chi connectivity index (χ2n) is 5.72. The van der Waals surface area contributed by atoms with E-state index >= 15 is 0 Å². The number of benzene rings is 2. The van der Waals surface area contributed by atoms with Crippen molar-refractivity contribution in [1.29, 1.82) is 0 Å². The molecule has 0 aliphatic rings. The summed E-state index contributed by atoms with van der Waals surface area (Å²) in [4.78, 5) is 11.7. The van der Waals surface area contributed by atoms with Crippen molar-refractivity contribution >= 4 is 28.3 Å². The van der Waals surface area contributed by atoms with Crippen molar-refractivity contribution in [1.82, 2.24) is 10.9 Å². The predicted molar refractivity (Wildman–Crippen MR) is 112 cm³/mol.